The van der Waals surface area contributed by atoms with E-state index in [1.807, 2.05) is 54.6 Å². The van der Waals surface area contributed by atoms with Gasteiger partial charge in [0.05, 0.1) is 0 Å². The van der Waals surface area contributed by atoms with Crippen molar-refractivity contribution < 1.29 is 9.90 Å². The largest absolute Gasteiger partial charge is 0.508 e. The summed E-state index contributed by atoms with van der Waals surface area (Å²) in [7, 11) is 0. The summed E-state index contributed by atoms with van der Waals surface area (Å²) in [5.41, 5.74) is 2.55. The van der Waals surface area contributed by atoms with Crippen LogP contribution in [0.25, 0.3) is 0 Å². The molecule has 1 amide bonds. The van der Waals surface area contributed by atoms with E-state index >= 15 is 0 Å². The third-order valence-corrected chi connectivity index (χ3v) is 5.25. The maximum absolute atomic E-state index is 12.6. The number of hydrogen-bond donors (Lipinski definition) is 2. The van der Waals surface area contributed by atoms with E-state index in [1.165, 1.54) is 0 Å². The van der Waals surface area contributed by atoms with Crippen molar-refractivity contribution in [3.05, 3.63) is 99.0 Å². The number of amides is 1. The van der Waals surface area contributed by atoms with E-state index in [9.17, 15) is 9.90 Å². The number of phenols is 1. The molecule has 0 aliphatic heterocycles. The molecule has 1 atom stereocenters. The second-order valence-electron chi connectivity index (χ2n) is 6.24. The van der Waals surface area contributed by atoms with Gasteiger partial charge in [-0.2, -0.15) is 0 Å². The Morgan fingerprint density at radius 1 is 1.04 bits per heavy atom. The maximum atomic E-state index is 12.6. The number of aromatic hydroxyl groups is 1. The first-order valence-corrected chi connectivity index (χ1v) is 9.75. The summed E-state index contributed by atoms with van der Waals surface area (Å²) in [5, 5.41) is 13.9. The second kappa shape index (κ2) is 9.07. The number of carbonyl (C=O) groups excluding carboxylic acids is 1. The summed E-state index contributed by atoms with van der Waals surface area (Å²) in [5.74, 6) is -0.191. The van der Waals surface area contributed by atoms with E-state index in [0.717, 1.165) is 15.6 Å². The molecule has 0 saturated heterocycles. The van der Waals surface area contributed by atoms with Crippen molar-refractivity contribution in [2.75, 3.05) is 0 Å². The molecule has 3 aromatic carbocycles. The lowest BCUT2D eigenvalue weighted by molar-refractivity contribution is -0.121. The van der Waals surface area contributed by atoms with Crippen LogP contribution in [0.5, 0.6) is 5.75 Å². The van der Waals surface area contributed by atoms with Crippen LogP contribution in [-0.4, -0.2) is 11.0 Å². The summed E-state index contributed by atoms with van der Waals surface area (Å²) in [6.07, 6.45) is 0.221. The van der Waals surface area contributed by atoms with Crippen molar-refractivity contribution in [3.63, 3.8) is 0 Å². The number of rotatable bonds is 6. The molecule has 0 fully saturated rings. The van der Waals surface area contributed by atoms with Crippen molar-refractivity contribution in [1.82, 2.24) is 5.32 Å². The molecule has 1 unspecified atom stereocenters. The van der Waals surface area contributed by atoms with Crippen LogP contribution in [0.15, 0.2) is 77.3 Å². The molecule has 2 N–H and O–H groups in total. The van der Waals surface area contributed by atoms with Crippen LogP contribution in [0.1, 0.15) is 29.0 Å². The monoisotopic (exact) mass is 443 g/mol. The molecule has 3 nitrogen and oxygen atoms in total. The molecule has 0 radical (unpaired) electrons. The van der Waals surface area contributed by atoms with Gasteiger partial charge in [-0.3, -0.25) is 4.79 Å². The molecule has 27 heavy (non-hydrogen) atoms. The lowest BCUT2D eigenvalue weighted by Crippen LogP contribution is -2.25. The first kappa shape index (κ1) is 19.5. The molecular weight excluding hydrogens is 426 g/mol. The van der Waals surface area contributed by atoms with Crippen LogP contribution < -0.4 is 5.32 Å². The fraction of sp³-hybridized carbons (Fsp3) is 0.136. The molecule has 0 aromatic heterocycles. The average Bonchev–Trinajstić information content (AvgIpc) is 2.68. The van der Waals surface area contributed by atoms with Crippen LogP contribution >= 0.6 is 27.5 Å². The zero-order chi connectivity index (χ0) is 19.2. The van der Waals surface area contributed by atoms with E-state index in [0.29, 0.717) is 17.1 Å². The summed E-state index contributed by atoms with van der Waals surface area (Å²) in [4.78, 5) is 12.6. The predicted octanol–water partition coefficient (Wildman–Crippen LogP) is 5.65. The SMILES string of the molecule is O=C(CC(c1ccccc1)c1cc(Br)ccc1O)NCc1ccccc1Cl. The third-order valence-electron chi connectivity index (χ3n) is 4.39. The van der Waals surface area contributed by atoms with E-state index in [4.69, 9.17) is 11.6 Å². The van der Waals surface area contributed by atoms with Crippen LogP contribution in [0, 0.1) is 0 Å². The van der Waals surface area contributed by atoms with Crippen molar-refractivity contribution in [3.8, 4) is 5.75 Å². The Hall–Kier alpha value is -2.30. The minimum atomic E-state index is -0.255. The van der Waals surface area contributed by atoms with Crippen LogP contribution in [-0.2, 0) is 11.3 Å². The molecule has 5 heteroatoms. The van der Waals surface area contributed by atoms with E-state index < -0.39 is 0 Å². The highest BCUT2D eigenvalue weighted by Gasteiger charge is 2.21. The summed E-state index contributed by atoms with van der Waals surface area (Å²) in [6.45, 7) is 0.366. The number of carbonyl (C=O) groups is 1. The van der Waals surface area contributed by atoms with Gasteiger partial charge in [-0.1, -0.05) is 76.1 Å². The minimum Gasteiger partial charge on any atom is -0.508 e. The molecule has 138 valence electrons. The quantitative estimate of drug-likeness (QED) is 0.516. The van der Waals surface area contributed by atoms with Crippen molar-refractivity contribution in [2.24, 2.45) is 0 Å². The van der Waals surface area contributed by atoms with E-state index in [2.05, 4.69) is 21.2 Å². The van der Waals surface area contributed by atoms with Crippen molar-refractivity contribution in [1.29, 1.82) is 0 Å². The Morgan fingerprint density at radius 2 is 1.74 bits per heavy atom. The highest BCUT2D eigenvalue weighted by Crippen LogP contribution is 2.35. The predicted molar refractivity (Wildman–Crippen MR) is 112 cm³/mol. The van der Waals surface area contributed by atoms with Gasteiger partial charge in [0.25, 0.3) is 0 Å². The van der Waals surface area contributed by atoms with Gasteiger partial charge in [0.2, 0.25) is 5.91 Å². The Bertz CT molecular complexity index is 931. The highest BCUT2D eigenvalue weighted by atomic mass is 79.9. The van der Waals surface area contributed by atoms with Gasteiger partial charge in [-0.15, -0.1) is 0 Å². The number of halogens is 2. The Balaban J connectivity index is 1.80. The van der Waals surface area contributed by atoms with Gasteiger partial charge in [-0.05, 0) is 35.4 Å². The maximum Gasteiger partial charge on any atom is 0.221 e. The lowest BCUT2D eigenvalue weighted by atomic mass is 9.87. The molecule has 3 rings (SSSR count). The standard InChI is InChI=1S/C22H19BrClNO2/c23-17-10-11-21(26)19(12-17)18(15-6-2-1-3-7-15)13-22(27)25-14-16-8-4-5-9-20(16)24/h1-12,18,26H,13-14H2,(H,25,27). The fourth-order valence-corrected chi connectivity index (χ4v) is 3.57. The highest BCUT2D eigenvalue weighted by molar-refractivity contribution is 9.10. The number of nitrogens with one attached hydrogen (secondary N) is 1. The topological polar surface area (TPSA) is 49.3 Å². The van der Waals surface area contributed by atoms with Crippen LogP contribution in [0.3, 0.4) is 0 Å². The molecule has 0 spiro atoms. The van der Waals surface area contributed by atoms with Gasteiger partial charge in [0.1, 0.15) is 5.75 Å². The Kier molecular flexibility index (Phi) is 6.54. The molecule has 0 bridgehead atoms. The zero-order valence-electron chi connectivity index (χ0n) is 14.5. The number of hydrogen-bond acceptors (Lipinski definition) is 2. The first-order valence-electron chi connectivity index (χ1n) is 8.58. The van der Waals surface area contributed by atoms with Crippen LogP contribution in [0.2, 0.25) is 5.02 Å². The molecule has 0 saturated carbocycles. The average molecular weight is 445 g/mol. The third kappa shape index (κ3) is 5.12. The first-order chi connectivity index (χ1) is 13.0. The van der Waals surface area contributed by atoms with Gasteiger partial charge in [0, 0.05) is 33.9 Å². The summed E-state index contributed by atoms with van der Waals surface area (Å²) >= 11 is 9.60. The molecule has 0 aliphatic rings. The molecule has 3 aromatic rings. The van der Waals surface area contributed by atoms with Gasteiger partial charge in [0.15, 0.2) is 0 Å². The zero-order valence-corrected chi connectivity index (χ0v) is 16.9. The minimum absolute atomic E-state index is 0.108. The normalized spacial score (nSPS) is 11.8. The van der Waals surface area contributed by atoms with Crippen molar-refractivity contribution in [2.45, 2.75) is 18.9 Å². The fourth-order valence-electron chi connectivity index (χ4n) is 2.99. The smallest absolute Gasteiger partial charge is 0.221 e. The van der Waals surface area contributed by atoms with Gasteiger partial charge in [-0.25, -0.2) is 0 Å². The molecule has 0 heterocycles. The van der Waals surface area contributed by atoms with E-state index in [-0.39, 0.29) is 24.0 Å². The number of benzene rings is 3. The van der Waals surface area contributed by atoms with Crippen LogP contribution in [0.4, 0.5) is 0 Å². The van der Waals surface area contributed by atoms with Crippen molar-refractivity contribution >= 4 is 33.4 Å². The second-order valence-corrected chi connectivity index (χ2v) is 7.56. The number of phenolic OH excluding ortho intramolecular Hbond substituents is 1. The molecular formula is C22H19BrClNO2. The Labute approximate surface area is 172 Å². The molecule has 0 aliphatic carbocycles. The summed E-state index contributed by atoms with van der Waals surface area (Å²) < 4.78 is 0.854. The summed E-state index contributed by atoms with van der Waals surface area (Å²) in [6, 6.07) is 22.4. The lowest BCUT2D eigenvalue weighted by Gasteiger charge is -2.19. The van der Waals surface area contributed by atoms with E-state index in [1.54, 1.807) is 18.2 Å². The van der Waals surface area contributed by atoms with Gasteiger partial charge < -0.3 is 10.4 Å². The Morgan fingerprint density at radius 3 is 2.48 bits per heavy atom. The van der Waals surface area contributed by atoms with Gasteiger partial charge >= 0.3 is 0 Å².